The van der Waals surface area contributed by atoms with Crippen LogP contribution in [0.25, 0.3) is 0 Å². The second kappa shape index (κ2) is 6.88. The Kier molecular flexibility index (Phi) is 5.48. The molecule has 0 fully saturated rings. The van der Waals surface area contributed by atoms with Gasteiger partial charge >= 0.3 is 11.9 Å². The van der Waals surface area contributed by atoms with E-state index in [-0.39, 0.29) is 23.4 Å². The molecule has 1 aromatic rings. The maximum absolute atomic E-state index is 11.2. The summed E-state index contributed by atoms with van der Waals surface area (Å²) >= 11 is 0. The summed E-state index contributed by atoms with van der Waals surface area (Å²) in [6, 6.07) is 3.76. The van der Waals surface area contributed by atoms with Crippen molar-refractivity contribution >= 4 is 17.6 Å². The molecule has 2 atom stereocenters. The number of carboxylic acid groups (broad SMARTS) is 1. The Balaban J connectivity index is 2.88. The summed E-state index contributed by atoms with van der Waals surface area (Å²) in [6.07, 6.45) is -3.23. The molecule has 1 rings (SSSR count). The van der Waals surface area contributed by atoms with E-state index in [4.69, 9.17) is 10.8 Å². The van der Waals surface area contributed by atoms with Gasteiger partial charge in [0.05, 0.1) is 24.7 Å². The van der Waals surface area contributed by atoms with Gasteiger partial charge in [0.25, 0.3) is 0 Å². The van der Waals surface area contributed by atoms with Crippen molar-refractivity contribution in [2.45, 2.75) is 25.6 Å². The first-order chi connectivity index (χ1) is 9.35. The Morgan fingerprint density at radius 3 is 2.50 bits per heavy atom. The number of carbonyl (C=O) groups is 2. The zero-order valence-electron chi connectivity index (χ0n) is 10.9. The molecule has 5 N–H and O–H groups in total. The molecular weight excluding hydrogens is 266 g/mol. The minimum absolute atomic E-state index is 0.109. The van der Waals surface area contributed by atoms with Crippen molar-refractivity contribution in [2.75, 3.05) is 12.3 Å². The average molecular weight is 283 g/mol. The summed E-state index contributed by atoms with van der Waals surface area (Å²) in [6.45, 7) is 1.79. The van der Waals surface area contributed by atoms with E-state index in [1.54, 1.807) is 6.92 Å². The maximum atomic E-state index is 11.2. The van der Waals surface area contributed by atoms with E-state index in [0.717, 1.165) is 0 Å². The Morgan fingerprint density at radius 2 is 1.95 bits per heavy atom. The number of rotatable bonds is 6. The molecule has 0 bridgehead atoms. The number of hydrogen-bond acceptors (Lipinski definition) is 6. The predicted molar refractivity (Wildman–Crippen MR) is 70.0 cm³/mol. The van der Waals surface area contributed by atoms with Crippen LogP contribution in [0.1, 0.15) is 35.4 Å². The highest BCUT2D eigenvalue weighted by Gasteiger charge is 2.23. The molecule has 0 amide bonds. The van der Waals surface area contributed by atoms with Gasteiger partial charge in [-0.3, -0.25) is 4.79 Å². The number of aromatic carboxylic acids is 1. The van der Waals surface area contributed by atoms with E-state index < -0.39 is 30.6 Å². The number of nitrogen functional groups attached to an aromatic ring is 1. The van der Waals surface area contributed by atoms with E-state index in [1.807, 2.05) is 0 Å². The molecule has 0 radical (unpaired) electrons. The van der Waals surface area contributed by atoms with Crippen LogP contribution >= 0.6 is 0 Å². The van der Waals surface area contributed by atoms with Crippen molar-refractivity contribution in [1.82, 2.24) is 0 Å². The van der Waals surface area contributed by atoms with Gasteiger partial charge in [-0.15, -0.1) is 0 Å². The second-order valence-corrected chi connectivity index (χ2v) is 4.21. The normalized spacial score (nSPS) is 13.6. The Morgan fingerprint density at radius 1 is 1.30 bits per heavy atom. The number of aliphatic hydroxyl groups is 2. The topological polar surface area (TPSA) is 130 Å². The van der Waals surface area contributed by atoms with Crippen molar-refractivity contribution in [3.63, 3.8) is 0 Å². The summed E-state index contributed by atoms with van der Waals surface area (Å²) in [5.41, 5.74) is 5.69. The van der Waals surface area contributed by atoms with Crippen LogP contribution in [-0.2, 0) is 9.53 Å². The predicted octanol–water partition coefficient (Wildman–Crippen LogP) is 0.315. The first-order valence-electron chi connectivity index (χ1n) is 6.00. The zero-order valence-corrected chi connectivity index (χ0v) is 10.9. The molecule has 0 aliphatic rings. The molecular formula is C13H17NO6. The number of anilines is 1. The zero-order chi connectivity index (χ0) is 15.3. The number of carbonyl (C=O) groups excluding carboxylic acids is 1. The third kappa shape index (κ3) is 4.22. The summed E-state index contributed by atoms with van der Waals surface area (Å²) in [7, 11) is 0. The van der Waals surface area contributed by atoms with Crippen molar-refractivity contribution in [3.05, 3.63) is 29.3 Å². The fraction of sp³-hybridized carbons (Fsp3) is 0.385. The Hall–Kier alpha value is -2.12. The van der Waals surface area contributed by atoms with Crippen LogP contribution in [0.2, 0.25) is 0 Å². The Bertz CT molecular complexity index is 502. The van der Waals surface area contributed by atoms with Gasteiger partial charge in [0.2, 0.25) is 0 Å². The third-order valence-electron chi connectivity index (χ3n) is 2.61. The van der Waals surface area contributed by atoms with Crippen LogP contribution in [0.3, 0.4) is 0 Å². The second-order valence-electron chi connectivity index (χ2n) is 4.21. The van der Waals surface area contributed by atoms with Gasteiger partial charge in [-0.2, -0.15) is 0 Å². The average Bonchev–Trinajstić information content (AvgIpc) is 2.37. The lowest BCUT2D eigenvalue weighted by Crippen LogP contribution is -2.23. The van der Waals surface area contributed by atoms with Crippen LogP contribution in [0.5, 0.6) is 0 Å². The summed E-state index contributed by atoms with van der Waals surface area (Å²) in [5.74, 6) is -1.85. The minimum atomic E-state index is -1.43. The van der Waals surface area contributed by atoms with E-state index in [1.165, 1.54) is 18.2 Å². The van der Waals surface area contributed by atoms with Crippen LogP contribution in [0, 0.1) is 0 Å². The van der Waals surface area contributed by atoms with Crippen molar-refractivity contribution in [3.8, 4) is 0 Å². The smallest absolute Gasteiger partial charge is 0.335 e. The third-order valence-corrected chi connectivity index (χ3v) is 2.61. The van der Waals surface area contributed by atoms with Crippen LogP contribution in [-0.4, -0.2) is 40.0 Å². The van der Waals surface area contributed by atoms with Gasteiger partial charge in [0, 0.05) is 5.69 Å². The summed E-state index contributed by atoms with van der Waals surface area (Å²) in [4.78, 5) is 22.1. The number of esters is 1. The largest absolute Gasteiger partial charge is 0.478 e. The lowest BCUT2D eigenvalue weighted by molar-refractivity contribution is -0.147. The molecule has 0 heterocycles. The molecule has 0 spiro atoms. The molecule has 0 aromatic heterocycles. The van der Waals surface area contributed by atoms with Crippen LogP contribution in [0.15, 0.2) is 18.2 Å². The molecule has 1 aromatic carbocycles. The fourth-order valence-corrected chi connectivity index (χ4v) is 1.70. The summed E-state index contributed by atoms with van der Waals surface area (Å²) in [5, 5.41) is 28.6. The number of aliphatic hydroxyl groups excluding tert-OH is 2. The van der Waals surface area contributed by atoms with Gasteiger partial charge < -0.3 is 25.8 Å². The van der Waals surface area contributed by atoms with E-state index >= 15 is 0 Å². The van der Waals surface area contributed by atoms with Crippen LogP contribution < -0.4 is 5.73 Å². The van der Waals surface area contributed by atoms with Crippen molar-refractivity contribution < 1.29 is 29.6 Å². The molecule has 110 valence electrons. The van der Waals surface area contributed by atoms with Crippen molar-refractivity contribution in [2.24, 2.45) is 0 Å². The maximum Gasteiger partial charge on any atom is 0.335 e. The first kappa shape index (κ1) is 15.9. The number of benzene rings is 1. The van der Waals surface area contributed by atoms with Gasteiger partial charge in [-0.1, -0.05) is 0 Å². The first-order valence-corrected chi connectivity index (χ1v) is 6.00. The van der Waals surface area contributed by atoms with Gasteiger partial charge in [0.1, 0.15) is 6.10 Å². The molecule has 2 unspecified atom stereocenters. The standard InChI is InChI=1S/C13H17NO6/c1-2-20-11(16)6-10(15)12(17)7-3-8(13(18)19)5-9(14)4-7/h3-5,10,12,15,17H,2,6,14H2,1H3,(H,18,19). The van der Waals surface area contributed by atoms with Gasteiger partial charge in [-0.25, -0.2) is 4.79 Å². The lowest BCUT2D eigenvalue weighted by atomic mass is 9.99. The molecule has 0 saturated carbocycles. The molecule has 20 heavy (non-hydrogen) atoms. The van der Waals surface area contributed by atoms with E-state index in [0.29, 0.717) is 0 Å². The molecule has 0 saturated heterocycles. The molecule has 7 heteroatoms. The number of hydrogen-bond donors (Lipinski definition) is 4. The molecule has 0 aliphatic carbocycles. The summed E-state index contributed by atoms with van der Waals surface area (Å²) < 4.78 is 4.66. The number of carboxylic acids is 1. The highest BCUT2D eigenvalue weighted by Crippen LogP contribution is 2.23. The van der Waals surface area contributed by atoms with Crippen LogP contribution in [0.4, 0.5) is 5.69 Å². The van der Waals surface area contributed by atoms with Crippen molar-refractivity contribution in [1.29, 1.82) is 0 Å². The number of ether oxygens (including phenoxy) is 1. The Labute approximate surface area is 115 Å². The lowest BCUT2D eigenvalue weighted by Gasteiger charge is -2.18. The highest BCUT2D eigenvalue weighted by atomic mass is 16.5. The quantitative estimate of drug-likeness (QED) is 0.436. The fourth-order valence-electron chi connectivity index (χ4n) is 1.70. The van der Waals surface area contributed by atoms with E-state index in [2.05, 4.69) is 4.74 Å². The molecule has 7 nitrogen and oxygen atoms in total. The van der Waals surface area contributed by atoms with E-state index in [9.17, 15) is 19.8 Å². The number of nitrogens with two attached hydrogens (primary N) is 1. The van der Waals surface area contributed by atoms with Gasteiger partial charge in [0.15, 0.2) is 0 Å². The SMILES string of the molecule is CCOC(=O)CC(O)C(O)c1cc(N)cc(C(=O)O)c1. The van der Waals surface area contributed by atoms with Gasteiger partial charge in [-0.05, 0) is 30.7 Å². The highest BCUT2D eigenvalue weighted by molar-refractivity contribution is 5.89. The monoisotopic (exact) mass is 283 g/mol. The minimum Gasteiger partial charge on any atom is -0.478 e. The molecule has 0 aliphatic heterocycles.